The number of nitrogens with zero attached hydrogens (tertiary/aromatic N) is 1. The summed E-state index contributed by atoms with van der Waals surface area (Å²) >= 11 is 3.28. The molecule has 1 aliphatic heterocycles. The summed E-state index contributed by atoms with van der Waals surface area (Å²) in [6.07, 6.45) is 0. The van der Waals surface area contributed by atoms with Crippen molar-refractivity contribution in [1.29, 1.82) is 0 Å². The van der Waals surface area contributed by atoms with Gasteiger partial charge in [-0.15, -0.1) is 0 Å². The van der Waals surface area contributed by atoms with E-state index in [1.807, 2.05) is 13.8 Å². The van der Waals surface area contributed by atoms with Crippen molar-refractivity contribution in [3.63, 3.8) is 0 Å². The van der Waals surface area contributed by atoms with E-state index in [1.54, 1.807) is 11.0 Å². The maximum atomic E-state index is 12.4. The molecule has 1 saturated heterocycles. The predicted molar refractivity (Wildman–Crippen MR) is 81.7 cm³/mol. The lowest BCUT2D eigenvalue weighted by Crippen LogP contribution is -2.56. The number of carboxylic acid groups (broad SMARTS) is 1. The fourth-order valence-corrected chi connectivity index (χ4v) is 2.64. The van der Waals surface area contributed by atoms with Crippen molar-refractivity contribution >= 4 is 33.6 Å². The topological polar surface area (TPSA) is 78.9 Å². The third-order valence-electron chi connectivity index (χ3n) is 3.35. The zero-order valence-corrected chi connectivity index (χ0v) is 13.4. The van der Waals surface area contributed by atoms with E-state index in [1.165, 1.54) is 12.1 Å². The number of morpholine rings is 1. The highest BCUT2D eigenvalue weighted by molar-refractivity contribution is 9.10. The molecule has 6 nitrogen and oxygen atoms in total. The van der Waals surface area contributed by atoms with Gasteiger partial charge in [0.2, 0.25) is 0 Å². The highest BCUT2D eigenvalue weighted by Crippen LogP contribution is 2.26. The first-order valence-corrected chi connectivity index (χ1v) is 7.30. The molecule has 1 aromatic carbocycles. The predicted octanol–water partition coefficient (Wildman–Crippen LogP) is 2.79. The Labute approximate surface area is 131 Å². The molecule has 1 fully saturated rings. The molecule has 2 N–H and O–H groups in total. The van der Waals surface area contributed by atoms with Crippen LogP contribution in [0.1, 0.15) is 24.2 Å². The number of hydrogen-bond donors (Lipinski definition) is 2. The Balaban J connectivity index is 2.14. The molecule has 0 spiro atoms. The van der Waals surface area contributed by atoms with Crippen LogP contribution in [-0.4, -0.2) is 47.3 Å². The van der Waals surface area contributed by atoms with Gasteiger partial charge < -0.3 is 20.1 Å². The number of nitrogens with one attached hydrogen (secondary N) is 1. The third kappa shape index (κ3) is 3.54. The van der Waals surface area contributed by atoms with Gasteiger partial charge in [-0.2, -0.15) is 0 Å². The summed E-state index contributed by atoms with van der Waals surface area (Å²) in [7, 11) is 0. The third-order valence-corrected chi connectivity index (χ3v) is 4.00. The smallest absolute Gasteiger partial charge is 0.335 e. The Kier molecular flexibility index (Phi) is 4.53. The summed E-state index contributed by atoms with van der Waals surface area (Å²) in [5.41, 5.74) is 0.314. The quantitative estimate of drug-likeness (QED) is 0.853. The Hall–Kier alpha value is -1.60. The highest BCUT2D eigenvalue weighted by atomic mass is 79.9. The van der Waals surface area contributed by atoms with Gasteiger partial charge in [0.25, 0.3) is 0 Å². The van der Waals surface area contributed by atoms with Gasteiger partial charge in [-0.05, 0) is 48.0 Å². The number of anilines is 1. The molecule has 0 bridgehead atoms. The van der Waals surface area contributed by atoms with Crippen molar-refractivity contribution in [3.8, 4) is 0 Å². The fourth-order valence-electron chi connectivity index (χ4n) is 2.17. The summed E-state index contributed by atoms with van der Waals surface area (Å²) in [4.78, 5) is 25.0. The zero-order valence-electron chi connectivity index (χ0n) is 11.9. The molecule has 0 aliphatic carbocycles. The molecule has 0 aromatic heterocycles. The molecule has 0 radical (unpaired) electrons. The number of carbonyl (C=O) groups is 2. The Morgan fingerprint density at radius 2 is 2.14 bits per heavy atom. The fraction of sp³-hybridized carbons (Fsp3) is 0.429. The largest absolute Gasteiger partial charge is 0.478 e. The number of carboxylic acids is 1. The summed E-state index contributed by atoms with van der Waals surface area (Å²) in [5, 5.41) is 11.7. The van der Waals surface area contributed by atoms with Crippen LogP contribution < -0.4 is 5.32 Å². The van der Waals surface area contributed by atoms with Crippen LogP contribution in [0.25, 0.3) is 0 Å². The van der Waals surface area contributed by atoms with Crippen LogP contribution >= 0.6 is 15.9 Å². The minimum absolute atomic E-state index is 0.159. The first-order valence-electron chi connectivity index (χ1n) is 6.50. The molecule has 21 heavy (non-hydrogen) atoms. The first-order chi connectivity index (χ1) is 9.81. The van der Waals surface area contributed by atoms with E-state index in [0.29, 0.717) is 29.9 Å². The Bertz CT molecular complexity index is 574. The molecule has 1 aromatic rings. The van der Waals surface area contributed by atoms with Gasteiger partial charge in [0.05, 0.1) is 30.0 Å². The lowest BCUT2D eigenvalue weighted by atomic mass is 10.0. The average Bonchev–Trinajstić information content (AvgIpc) is 2.40. The molecule has 2 amide bonds. The van der Waals surface area contributed by atoms with Crippen molar-refractivity contribution in [2.24, 2.45) is 0 Å². The minimum Gasteiger partial charge on any atom is -0.478 e. The second-order valence-corrected chi connectivity index (χ2v) is 6.30. The molecular weight excluding hydrogens is 340 g/mol. The lowest BCUT2D eigenvalue weighted by molar-refractivity contribution is -0.0249. The Morgan fingerprint density at radius 3 is 2.71 bits per heavy atom. The number of benzene rings is 1. The van der Waals surface area contributed by atoms with Crippen LogP contribution in [0.15, 0.2) is 22.7 Å². The van der Waals surface area contributed by atoms with Crippen LogP contribution in [0.4, 0.5) is 10.5 Å². The molecule has 114 valence electrons. The standard InChI is InChI=1S/C14H17BrN2O4/c1-14(2)8-21-6-5-17(14)13(20)16-11-4-3-9(12(18)19)7-10(11)15/h3-4,7H,5-6,8H2,1-2H3,(H,16,20)(H,18,19). The van der Waals surface area contributed by atoms with Crippen molar-refractivity contribution in [3.05, 3.63) is 28.2 Å². The van der Waals surface area contributed by atoms with Crippen molar-refractivity contribution in [2.75, 3.05) is 25.1 Å². The van der Waals surface area contributed by atoms with Crippen LogP contribution in [0, 0.1) is 0 Å². The van der Waals surface area contributed by atoms with Gasteiger partial charge in [-0.1, -0.05) is 0 Å². The number of hydrogen-bond acceptors (Lipinski definition) is 3. The maximum Gasteiger partial charge on any atom is 0.335 e. The molecule has 0 saturated carbocycles. The van der Waals surface area contributed by atoms with Crippen LogP contribution in [0.3, 0.4) is 0 Å². The van der Waals surface area contributed by atoms with Gasteiger partial charge in [-0.25, -0.2) is 9.59 Å². The van der Waals surface area contributed by atoms with E-state index in [2.05, 4.69) is 21.2 Å². The minimum atomic E-state index is -1.01. The van der Waals surface area contributed by atoms with E-state index in [9.17, 15) is 9.59 Å². The molecular formula is C14H17BrN2O4. The number of rotatable bonds is 2. The second-order valence-electron chi connectivity index (χ2n) is 5.45. The summed E-state index contributed by atoms with van der Waals surface area (Å²) in [5.74, 6) is -1.01. The lowest BCUT2D eigenvalue weighted by Gasteiger charge is -2.41. The van der Waals surface area contributed by atoms with Crippen LogP contribution in [-0.2, 0) is 4.74 Å². The van der Waals surface area contributed by atoms with Crippen molar-refractivity contribution in [2.45, 2.75) is 19.4 Å². The van der Waals surface area contributed by atoms with Gasteiger partial charge in [0, 0.05) is 11.0 Å². The number of ether oxygens (including phenoxy) is 1. The maximum absolute atomic E-state index is 12.4. The monoisotopic (exact) mass is 356 g/mol. The number of halogens is 1. The number of amides is 2. The van der Waals surface area contributed by atoms with E-state index in [0.717, 1.165) is 0 Å². The van der Waals surface area contributed by atoms with Gasteiger partial charge in [0.15, 0.2) is 0 Å². The second kappa shape index (κ2) is 6.03. The average molecular weight is 357 g/mol. The normalized spacial score (nSPS) is 17.4. The molecule has 0 atom stereocenters. The number of carbonyl (C=O) groups excluding carboxylic acids is 1. The van der Waals surface area contributed by atoms with E-state index >= 15 is 0 Å². The molecule has 1 heterocycles. The molecule has 7 heteroatoms. The van der Waals surface area contributed by atoms with Crippen LogP contribution in [0.2, 0.25) is 0 Å². The van der Waals surface area contributed by atoms with Gasteiger partial charge >= 0.3 is 12.0 Å². The van der Waals surface area contributed by atoms with Gasteiger partial charge in [-0.3, -0.25) is 0 Å². The highest BCUT2D eigenvalue weighted by Gasteiger charge is 2.34. The van der Waals surface area contributed by atoms with E-state index in [-0.39, 0.29) is 17.1 Å². The SMILES string of the molecule is CC1(C)COCCN1C(=O)Nc1ccc(C(=O)O)cc1Br. The Morgan fingerprint density at radius 1 is 1.43 bits per heavy atom. The van der Waals surface area contributed by atoms with Crippen molar-refractivity contribution in [1.82, 2.24) is 4.90 Å². The summed E-state index contributed by atoms with van der Waals surface area (Å²) < 4.78 is 5.91. The van der Waals surface area contributed by atoms with Crippen molar-refractivity contribution < 1.29 is 19.4 Å². The molecule has 0 unspecified atom stereocenters. The zero-order chi connectivity index (χ0) is 15.6. The van der Waals surface area contributed by atoms with Crippen LogP contribution in [0.5, 0.6) is 0 Å². The van der Waals surface area contributed by atoms with Gasteiger partial charge in [0.1, 0.15) is 0 Å². The van der Waals surface area contributed by atoms with E-state index in [4.69, 9.17) is 9.84 Å². The summed E-state index contributed by atoms with van der Waals surface area (Å²) in [6.45, 7) is 5.39. The summed E-state index contributed by atoms with van der Waals surface area (Å²) in [6, 6.07) is 4.25. The first kappa shape index (κ1) is 15.8. The molecule has 1 aliphatic rings. The number of aromatic carboxylic acids is 1. The molecule has 2 rings (SSSR count). The number of urea groups is 1. The van der Waals surface area contributed by atoms with E-state index < -0.39 is 5.97 Å².